The number of ether oxygens (including phenoxy) is 1. The number of carbonyl (C=O) groups excluding carboxylic acids is 3. The summed E-state index contributed by atoms with van der Waals surface area (Å²) in [4.78, 5) is 46.6. The molecule has 2 N–H and O–H groups in total. The van der Waals surface area contributed by atoms with E-state index in [9.17, 15) is 14.4 Å². The van der Waals surface area contributed by atoms with Crippen LogP contribution < -0.4 is 4.74 Å². The highest BCUT2D eigenvalue weighted by atomic mass is 16.5. The van der Waals surface area contributed by atoms with Crippen LogP contribution in [0, 0.1) is 0 Å². The van der Waals surface area contributed by atoms with Gasteiger partial charge in [-0.25, -0.2) is 0 Å². The molecule has 0 bridgehead atoms. The largest absolute Gasteiger partial charge is 0.494 e. The maximum atomic E-state index is 13.4. The molecular formula is C36H40N4O5. The Bertz CT molecular complexity index is 1860. The third-order valence-corrected chi connectivity index (χ3v) is 7.45. The third-order valence-electron chi connectivity index (χ3n) is 7.45. The topological polar surface area (TPSA) is 121 Å². The Balaban J connectivity index is 1.18. The van der Waals surface area contributed by atoms with Gasteiger partial charge in [0.1, 0.15) is 17.3 Å². The van der Waals surface area contributed by atoms with Gasteiger partial charge in [-0.2, -0.15) is 0 Å². The molecule has 3 aromatic heterocycles. The molecule has 0 fully saturated rings. The van der Waals surface area contributed by atoms with E-state index < -0.39 is 0 Å². The second-order valence-corrected chi connectivity index (χ2v) is 12.8. The molecule has 5 aromatic rings. The van der Waals surface area contributed by atoms with Crippen LogP contribution in [0.4, 0.5) is 0 Å². The Kier molecular flexibility index (Phi) is 9.48. The zero-order valence-electron chi connectivity index (χ0n) is 26.5. The first-order valence-corrected chi connectivity index (χ1v) is 15.2. The number of allylic oxidation sites excluding steroid dienone is 1. The number of carbonyl (C=O) groups is 3. The minimum atomic E-state index is -0.167. The van der Waals surface area contributed by atoms with Crippen LogP contribution in [0.15, 0.2) is 71.3 Å². The van der Waals surface area contributed by atoms with Crippen molar-refractivity contribution < 1.29 is 23.6 Å². The minimum absolute atomic E-state index is 0.0395. The molecule has 9 heteroatoms. The van der Waals surface area contributed by atoms with Gasteiger partial charge in [-0.15, -0.1) is 0 Å². The van der Waals surface area contributed by atoms with E-state index in [2.05, 4.69) is 15.1 Å². The van der Waals surface area contributed by atoms with E-state index in [1.165, 1.54) is 0 Å². The van der Waals surface area contributed by atoms with Gasteiger partial charge in [-0.3, -0.25) is 14.4 Å². The Morgan fingerprint density at radius 1 is 0.911 bits per heavy atom. The fourth-order valence-corrected chi connectivity index (χ4v) is 5.04. The Morgan fingerprint density at radius 2 is 1.60 bits per heavy atom. The van der Waals surface area contributed by atoms with Crippen LogP contribution in [-0.2, 0) is 27.8 Å². The molecule has 2 aromatic carbocycles. The average molecular weight is 609 g/mol. The average Bonchev–Trinajstić information content (AvgIpc) is 3.72. The van der Waals surface area contributed by atoms with Gasteiger partial charge in [0.2, 0.25) is 5.78 Å². The molecule has 234 valence electrons. The molecule has 0 unspecified atom stereocenters. The van der Waals surface area contributed by atoms with Crippen LogP contribution in [0.2, 0.25) is 0 Å². The predicted octanol–water partition coefficient (Wildman–Crippen LogP) is 6.37. The van der Waals surface area contributed by atoms with Crippen molar-refractivity contribution in [3.8, 4) is 5.75 Å². The number of nitrogens with zero attached hydrogens (tertiary/aromatic N) is 2. The van der Waals surface area contributed by atoms with E-state index in [0.717, 1.165) is 39.7 Å². The van der Waals surface area contributed by atoms with Crippen molar-refractivity contribution in [1.29, 1.82) is 0 Å². The van der Waals surface area contributed by atoms with E-state index in [-0.39, 0.29) is 35.6 Å². The first kappa shape index (κ1) is 31.7. The maximum Gasteiger partial charge on any atom is 0.225 e. The number of aromatic amines is 2. The number of Topliss-reactive ketones (excluding diaryl/α,β-unsaturated/α-hetero) is 1. The summed E-state index contributed by atoms with van der Waals surface area (Å²) in [5, 5.41) is 5.78. The molecule has 0 aliphatic heterocycles. The van der Waals surface area contributed by atoms with Crippen LogP contribution in [-0.4, -0.2) is 64.6 Å². The molecule has 9 nitrogen and oxygen atoms in total. The molecule has 0 aliphatic rings. The zero-order chi connectivity index (χ0) is 32.1. The number of hydrogen-bond acceptors (Lipinski definition) is 7. The highest BCUT2D eigenvalue weighted by molar-refractivity contribution is 6.11. The van der Waals surface area contributed by atoms with Gasteiger partial charge in [0.05, 0.1) is 30.1 Å². The molecule has 0 amide bonds. The van der Waals surface area contributed by atoms with Gasteiger partial charge in [0, 0.05) is 52.7 Å². The molecule has 0 aliphatic carbocycles. The standard InChI is InChI=1S/C36H40N4O5/c1-36(2,3)34-22-26(39-45-34)21-28(42)17-23-10-12-30-24(16-23)19-32(37-30)35(43)33-20-25-18-29(11-13-31(25)38-33)44-15-7-9-27(41)8-6-14-40(4)5/h6,8,10-13,16,18-20,22,37-38H,7,9,14-15,17,21H2,1-5H3/b8-6+. The Morgan fingerprint density at radius 3 is 2.27 bits per heavy atom. The van der Waals surface area contributed by atoms with Crippen LogP contribution in [0.25, 0.3) is 21.8 Å². The van der Waals surface area contributed by atoms with Crippen molar-refractivity contribution >= 4 is 39.2 Å². The Hall–Kier alpha value is -4.76. The van der Waals surface area contributed by atoms with E-state index in [1.54, 1.807) is 6.08 Å². The van der Waals surface area contributed by atoms with Crippen molar-refractivity contribution in [3.63, 3.8) is 0 Å². The summed E-state index contributed by atoms with van der Waals surface area (Å²) >= 11 is 0. The van der Waals surface area contributed by atoms with Gasteiger partial charge >= 0.3 is 0 Å². The second-order valence-electron chi connectivity index (χ2n) is 12.8. The zero-order valence-corrected chi connectivity index (χ0v) is 26.5. The Labute approximate surface area is 262 Å². The summed E-state index contributed by atoms with van der Waals surface area (Å²) in [5.74, 6) is 1.40. The molecule has 0 saturated heterocycles. The molecule has 0 spiro atoms. The summed E-state index contributed by atoms with van der Waals surface area (Å²) in [7, 11) is 3.91. The molecular weight excluding hydrogens is 568 g/mol. The van der Waals surface area contributed by atoms with Gasteiger partial charge in [-0.1, -0.05) is 38.1 Å². The highest BCUT2D eigenvalue weighted by Crippen LogP contribution is 2.26. The van der Waals surface area contributed by atoms with Crippen molar-refractivity contribution in [2.45, 2.75) is 51.9 Å². The first-order valence-electron chi connectivity index (χ1n) is 15.2. The van der Waals surface area contributed by atoms with E-state index in [1.807, 2.05) is 100 Å². The number of ketones is 3. The lowest BCUT2D eigenvalue weighted by molar-refractivity contribution is -0.118. The minimum Gasteiger partial charge on any atom is -0.494 e. The smallest absolute Gasteiger partial charge is 0.225 e. The van der Waals surface area contributed by atoms with Gasteiger partial charge in [0.25, 0.3) is 0 Å². The molecule has 45 heavy (non-hydrogen) atoms. The summed E-state index contributed by atoms with van der Waals surface area (Å²) in [6, 6.07) is 16.8. The lowest BCUT2D eigenvalue weighted by atomic mass is 9.93. The van der Waals surface area contributed by atoms with Crippen molar-refractivity contribution in [1.82, 2.24) is 20.0 Å². The SMILES string of the molecule is CN(C)C/C=C/C(=O)CCCOc1ccc2[nH]c(C(=O)c3cc4cc(CC(=O)Cc5cc(C(C)(C)C)on5)ccc4[nH]3)cc2c1. The predicted molar refractivity (Wildman–Crippen MR) is 175 cm³/mol. The highest BCUT2D eigenvalue weighted by Gasteiger charge is 2.21. The fraction of sp³-hybridized carbons (Fsp3) is 0.333. The van der Waals surface area contributed by atoms with Gasteiger partial charge < -0.3 is 24.1 Å². The molecule has 0 saturated carbocycles. The van der Waals surface area contributed by atoms with Gasteiger partial charge in [-0.05, 0) is 74.6 Å². The number of benzene rings is 2. The second kappa shape index (κ2) is 13.5. The van der Waals surface area contributed by atoms with E-state index in [4.69, 9.17) is 9.26 Å². The maximum absolute atomic E-state index is 13.4. The normalized spacial score (nSPS) is 12.1. The summed E-state index contributed by atoms with van der Waals surface area (Å²) in [6.07, 6.45) is 5.01. The molecule has 0 atom stereocenters. The number of aromatic nitrogens is 3. The quantitative estimate of drug-likeness (QED) is 0.0854. The van der Waals surface area contributed by atoms with Crippen molar-refractivity contribution in [2.24, 2.45) is 0 Å². The van der Waals surface area contributed by atoms with Crippen LogP contribution in [0.1, 0.15) is 66.8 Å². The number of hydrogen-bond donors (Lipinski definition) is 2. The van der Waals surface area contributed by atoms with E-state index in [0.29, 0.717) is 42.3 Å². The molecule has 0 radical (unpaired) electrons. The fourth-order valence-electron chi connectivity index (χ4n) is 5.04. The number of H-pyrrole nitrogens is 2. The summed E-state index contributed by atoms with van der Waals surface area (Å²) in [6.45, 7) is 7.27. The van der Waals surface area contributed by atoms with Crippen LogP contribution >= 0.6 is 0 Å². The van der Waals surface area contributed by atoms with Crippen LogP contribution in [0.5, 0.6) is 5.75 Å². The van der Waals surface area contributed by atoms with E-state index >= 15 is 0 Å². The van der Waals surface area contributed by atoms with Crippen LogP contribution in [0.3, 0.4) is 0 Å². The number of fused-ring (bicyclic) bond motifs is 2. The van der Waals surface area contributed by atoms with Gasteiger partial charge in [0.15, 0.2) is 5.78 Å². The lowest BCUT2D eigenvalue weighted by Crippen LogP contribution is -2.11. The molecule has 5 rings (SSSR count). The summed E-state index contributed by atoms with van der Waals surface area (Å²) in [5.41, 5.74) is 3.89. The summed E-state index contributed by atoms with van der Waals surface area (Å²) < 4.78 is 11.3. The lowest BCUT2D eigenvalue weighted by Gasteiger charge is -2.12. The first-order chi connectivity index (χ1) is 21.4. The monoisotopic (exact) mass is 608 g/mol. The van der Waals surface area contributed by atoms with Crippen molar-refractivity contribution in [2.75, 3.05) is 27.2 Å². The number of nitrogens with one attached hydrogen (secondary N) is 2. The molecule has 3 heterocycles. The third kappa shape index (κ3) is 8.25. The van der Waals surface area contributed by atoms with Crippen molar-refractivity contribution in [3.05, 3.63) is 95.2 Å². The number of rotatable bonds is 14. The number of likely N-dealkylation sites (N-methyl/N-ethyl adjacent to an activating group) is 1.